The average molecular weight is 497 g/mol. The van der Waals surface area contributed by atoms with Crippen molar-refractivity contribution in [3.63, 3.8) is 0 Å². The molecule has 0 bridgehead atoms. The second-order valence-corrected chi connectivity index (χ2v) is 9.38. The Hall–Kier alpha value is -3.39. The van der Waals surface area contributed by atoms with Crippen LogP contribution in [0, 0.1) is 5.82 Å². The summed E-state index contributed by atoms with van der Waals surface area (Å²) < 4.78 is 24.7. The Balaban J connectivity index is 1.51. The monoisotopic (exact) mass is 496 g/mol. The summed E-state index contributed by atoms with van der Waals surface area (Å²) in [5.74, 6) is 0.388. The lowest BCUT2D eigenvalue weighted by atomic mass is 10.0. The molecule has 1 aromatic heterocycles. The van der Waals surface area contributed by atoms with Crippen LogP contribution in [0.3, 0.4) is 0 Å². The molecule has 184 valence electrons. The Morgan fingerprint density at radius 1 is 1.14 bits per heavy atom. The van der Waals surface area contributed by atoms with Gasteiger partial charge in [0, 0.05) is 29.6 Å². The van der Waals surface area contributed by atoms with E-state index in [1.807, 2.05) is 18.4 Å². The molecule has 0 unspecified atom stereocenters. The van der Waals surface area contributed by atoms with Crippen LogP contribution < -0.4 is 9.47 Å². The van der Waals surface area contributed by atoms with E-state index in [9.17, 15) is 14.0 Å². The largest absolute Gasteiger partial charge is 0.497 e. The maximum atomic E-state index is 13.6. The molecule has 0 saturated carbocycles. The van der Waals surface area contributed by atoms with Crippen LogP contribution in [0.25, 0.3) is 0 Å². The molecule has 2 aromatic carbocycles. The molecule has 0 spiro atoms. The van der Waals surface area contributed by atoms with Gasteiger partial charge in [0.05, 0.1) is 13.2 Å². The molecule has 0 saturated heterocycles. The summed E-state index contributed by atoms with van der Waals surface area (Å²) in [6.07, 6.45) is 1.49. The van der Waals surface area contributed by atoms with Gasteiger partial charge in [0.25, 0.3) is 5.91 Å². The number of hydrogen-bond donors (Lipinski definition) is 0. The summed E-state index contributed by atoms with van der Waals surface area (Å²) in [6, 6.07) is 14.6. The van der Waals surface area contributed by atoms with Gasteiger partial charge in [0.2, 0.25) is 5.91 Å². The third kappa shape index (κ3) is 5.82. The molecule has 0 fully saturated rings. The van der Waals surface area contributed by atoms with Crippen LogP contribution in [0.1, 0.15) is 40.2 Å². The summed E-state index contributed by atoms with van der Waals surface area (Å²) in [5, 5.41) is 2.02. The maximum absolute atomic E-state index is 13.6. The second kappa shape index (κ2) is 11.4. The van der Waals surface area contributed by atoms with E-state index in [2.05, 4.69) is 0 Å². The Morgan fingerprint density at radius 3 is 2.66 bits per heavy atom. The van der Waals surface area contributed by atoms with Crippen LogP contribution in [0.4, 0.5) is 4.39 Å². The van der Waals surface area contributed by atoms with E-state index in [1.54, 1.807) is 64.6 Å². The predicted molar refractivity (Wildman–Crippen MR) is 134 cm³/mol. The number of halogens is 1. The summed E-state index contributed by atoms with van der Waals surface area (Å²) in [5.41, 5.74) is 1.56. The third-order valence-corrected chi connectivity index (χ3v) is 7.06. The predicted octanol–water partition coefficient (Wildman–Crippen LogP) is 4.95. The molecule has 6 nitrogen and oxygen atoms in total. The Bertz CT molecular complexity index is 1160. The van der Waals surface area contributed by atoms with Crippen LogP contribution in [0.15, 0.2) is 60.0 Å². The summed E-state index contributed by atoms with van der Waals surface area (Å²) in [7, 11) is 1.57. The molecule has 35 heavy (non-hydrogen) atoms. The highest BCUT2D eigenvalue weighted by Gasteiger charge is 2.33. The van der Waals surface area contributed by atoms with Crippen molar-refractivity contribution in [3.8, 4) is 11.5 Å². The fourth-order valence-electron chi connectivity index (χ4n) is 4.30. The van der Waals surface area contributed by atoms with Gasteiger partial charge in [-0.1, -0.05) is 13.0 Å². The molecule has 0 N–H and O–H groups in total. The van der Waals surface area contributed by atoms with Gasteiger partial charge in [-0.2, -0.15) is 0 Å². The SMILES string of the molecule is CCCN(CC(=O)N1CCc2sccc2[C@@H]1COc1cccc(F)c1)C(=O)c1ccc(OC)cc1. The minimum Gasteiger partial charge on any atom is -0.497 e. The van der Waals surface area contributed by atoms with Gasteiger partial charge in [-0.15, -0.1) is 11.3 Å². The number of fused-ring (bicyclic) bond motifs is 1. The maximum Gasteiger partial charge on any atom is 0.254 e. The topological polar surface area (TPSA) is 59.1 Å². The second-order valence-electron chi connectivity index (χ2n) is 8.38. The van der Waals surface area contributed by atoms with Gasteiger partial charge in [0.15, 0.2) is 0 Å². The van der Waals surface area contributed by atoms with Crippen molar-refractivity contribution >= 4 is 23.2 Å². The first-order valence-electron chi connectivity index (χ1n) is 11.7. The molecule has 2 amide bonds. The highest BCUT2D eigenvalue weighted by molar-refractivity contribution is 7.10. The highest BCUT2D eigenvalue weighted by Crippen LogP contribution is 2.34. The number of nitrogens with zero attached hydrogens (tertiary/aromatic N) is 2. The Kier molecular flexibility index (Phi) is 8.02. The zero-order chi connectivity index (χ0) is 24.8. The van der Waals surface area contributed by atoms with Crippen molar-refractivity contribution in [3.05, 3.63) is 81.8 Å². The summed E-state index contributed by atoms with van der Waals surface area (Å²) in [4.78, 5) is 31.3. The number of ether oxygens (including phenoxy) is 2. The molecule has 4 rings (SSSR count). The third-order valence-electron chi connectivity index (χ3n) is 6.06. The minimum absolute atomic E-state index is 0.0192. The average Bonchev–Trinajstić information content (AvgIpc) is 3.36. The van der Waals surface area contributed by atoms with Gasteiger partial charge in [-0.05, 0) is 66.2 Å². The van der Waals surface area contributed by atoms with E-state index in [-0.39, 0.29) is 36.8 Å². The molecule has 0 aliphatic carbocycles. The molecular weight excluding hydrogens is 467 g/mol. The zero-order valence-electron chi connectivity index (χ0n) is 19.9. The van der Waals surface area contributed by atoms with Crippen LogP contribution >= 0.6 is 11.3 Å². The van der Waals surface area contributed by atoms with Crippen LogP contribution in [-0.4, -0.2) is 55.0 Å². The first-order valence-corrected chi connectivity index (χ1v) is 12.6. The number of carbonyl (C=O) groups excluding carboxylic acids is 2. The lowest BCUT2D eigenvalue weighted by Crippen LogP contribution is -2.48. The normalized spacial score (nSPS) is 14.8. The van der Waals surface area contributed by atoms with Gasteiger partial charge >= 0.3 is 0 Å². The number of benzene rings is 2. The summed E-state index contributed by atoms with van der Waals surface area (Å²) in [6.45, 7) is 3.18. The van der Waals surface area contributed by atoms with Gasteiger partial charge in [-0.25, -0.2) is 4.39 Å². The Morgan fingerprint density at radius 2 is 1.94 bits per heavy atom. The molecule has 1 aliphatic heterocycles. The quantitative estimate of drug-likeness (QED) is 0.421. The van der Waals surface area contributed by atoms with Crippen LogP contribution in [0.2, 0.25) is 0 Å². The number of carbonyl (C=O) groups is 2. The molecular formula is C27H29FN2O4S. The van der Waals surface area contributed by atoms with E-state index in [0.717, 1.165) is 18.4 Å². The van der Waals surface area contributed by atoms with Crippen molar-refractivity contribution < 1.29 is 23.5 Å². The van der Waals surface area contributed by atoms with E-state index in [4.69, 9.17) is 9.47 Å². The minimum atomic E-state index is -0.373. The van der Waals surface area contributed by atoms with Gasteiger partial charge in [0.1, 0.15) is 30.5 Å². The van der Waals surface area contributed by atoms with Gasteiger partial charge in [-0.3, -0.25) is 9.59 Å². The smallest absolute Gasteiger partial charge is 0.254 e. The molecule has 1 atom stereocenters. The van der Waals surface area contributed by atoms with Crippen LogP contribution in [0.5, 0.6) is 11.5 Å². The molecule has 1 aliphatic rings. The molecule has 8 heteroatoms. The fourth-order valence-corrected chi connectivity index (χ4v) is 5.23. The zero-order valence-corrected chi connectivity index (χ0v) is 20.7. The Labute approximate surface area is 208 Å². The van der Waals surface area contributed by atoms with Crippen LogP contribution in [-0.2, 0) is 11.2 Å². The lowest BCUT2D eigenvalue weighted by Gasteiger charge is -2.37. The van der Waals surface area contributed by atoms with E-state index < -0.39 is 0 Å². The van der Waals surface area contributed by atoms with Crippen molar-refractivity contribution in [1.29, 1.82) is 0 Å². The van der Waals surface area contributed by atoms with Crippen molar-refractivity contribution in [2.24, 2.45) is 0 Å². The molecule has 2 heterocycles. The lowest BCUT2D eigenvalue weighted by molar-refractivity contribution is -0.135. The number of methoxy groups -OCH3 is 1. The fraction of sp³-hybridized carbons (Fsp3) is 0.333. The first-order chi connectivity index (χ1) is 17.0. The molecule has 3 aromatic rings. The number of rotatable bonds is 9. The number of thiophene rings is 1. The summed E-state index contributed by atoms with van der Waals surface area (Å²) >= 11 is 1.67. The van der Waals surface area contributed by atoms with E-state index in [1.165, 1.54) is 17.0 Å². The van der Waals surface area contributed by atoms with Crippen molar-refractivity contribution in [1.82, 2.24) is 9.80 Å². The first kappa shape index (κ1) is 24.7. The van der Waals surface area contributed by atoms with Gasteiger partial charge < -0.3 is 19.3 Å². The highest BCUT2D eigenvalue weighted by atomic mass is 32.1. The van der Waals surface area contributed by atoms with Crippen molar-refractivity contribution in [2.45, 2.75) is 25.8 Å². The number of hydrogen-bond acceptors (Lipinski definition) is 5. The van der Waals surface area contributed by atoms with E-state index in [0.29, 0.717) is 30.2 Å². The van der Waals surface area contributed by atoms with E-state index >= 15 is 0 Å². The standard InChI is InChI=1S/C27H29FN2O4S/c1-3-13-29(27(32)19-7-9-21(33-2)10-8-19)17-26(31)30-14-11-25-23(12-15-35-25)24(30)18-34-22-6-4-5-20(28)16-22/h4-10,12,15-16,24H,3,11,13-14,17-18H2,1-2H3/t24-/m0/s1. The van der Waals surface area contributed by atoms with Crippen molar-refractivity contribution in [2.75, 3.05) is 33.4 Å². The number of amides is 2. The molecule has 0 radical (unpaired) electrons.